The van der Waals surface area contributed by atoms with Crippen LogP contribution >= 0.6 is 24.8 Å². The number of carbonyl (C=O) groups excluding carboxylic acids is 1. The first kappa shape index (κ1) is 23.0. The van der Waals surface area contributed by atoms with Gasteiger partial charge in [-0.15, -0.1) is 24.8 Å². The molecule has 25 heavy (non-hydrogen) atoms. The zero-order valence-corrected chi connectivity index (χ0v) is 17.3. The maximum absolute atomic E-state index is 12.1. The molecule has 0 spiro atoms. The highest BCUT2D eigenvalue weighted by Crippen LogP contribution is 2.32. The normalized spacial score (nSPS) is 29.0. The van der Waals surface area contributed by atoms with Crippen molar-refractivity contribution in [2.75, 3.05) is 20.1 Å². The van der Waals surface area contributed by atoms with Gasteiger partial charge in [-0.2, -0.15) is 0 Å². The van der Waals surface area contributed by atoms with Crippen LogP contribution in [-0.2, 0) is 4.79 Å². The summed E-state index contributed by atoms with van der Waals surface area (Å²) in [5.41, 5.74) is 0. The number of hydrogen-bond acceptors (Lipinski definition) is 3. The molecular weight excluding hydrogens is 357 g/mol. The van der Waals surface area contributed by atoms with E-state index in [1.54, 1.807) is 0 Å². The zero-order chi connectivity index (χ0) is 16.1. The maximum atomic E-state index is 12.1. The fourth-order valence-electron chi connectivity index (χ4n) is 4.94. The van der Waals surface area contributed by atoms with Crippen LogP contribution in [0.15, 0.2) is 0 Å². The third-order valence-corrected chi connectivity index (χ3v) is 6.25. The summed E-state index contributed by atoms with van der Waals surface area (Å²) in [4.78, 5) is 14.7. The molecule has 6 heteroatoms. The lowest BCUT2D eigenvalue weighted by atomic mass is 9.89. The Balaban J connectivity index is 0.00000156. The SMILES string of the molecule is CN(CCCNC(=O)CC1CC2CCC(C1)N2)C1CCCCC1.Cl.Cl. The van der Waals surface area contributed by atoms with Gasteiger partial charge < -0.3 is 15.5 Å². The van der Waals surface area contributed by atoms with Crippen LogP contribution in [0.25, 0.3) is 0 Å². The summed E-state index contributed by atoms with van der Waals surface area (Å²) < 4.78 is 0. The molecule has 1 amide bonds. The van der Waals surface area contributed by atoms with E-state index in [0.29, 0.717) is 18.0 Å². The molecule has 2 saturated heterocycles. The molecule has 0 aromatic rings. The summed E-state index contributed by atoms with van der Waals surface area (Å²) in [6, 6.07) is 2.16. The van der Waals surface area contributed by atoms with E-state index in [9.17, 15) is 4.79 Å². The summed E-state index contributed by atoms with van der Waals surface area (Å²) >= 11 is 0. The van der Waals surface area contributed by atoms with Crippen molar-refractivity contribution in [1.82, 2.24) is 15.5 Å². The van der Waals surface area contributed by atoms with E-state index in [0.717, 1.165) is 32.0 Å². The van der Waals surface area contributed by atoms with Gasteiger partial charge in [0.2, 0.25) is 5.91 Å². The summed E-state index contributed by atoms with van der Waals surface area (Å²) in [5.74, 6) is 0.885. The van der Waals surface area contributed by atoms with Gasteiger partial charge in [-0.25, -0.2) is 0 Å². The van der Waals surface area contributed by atoms with Crippen LogP contribution in [0.4, 0.5) is 0 Å². The number of fused-ring (bicyclic) bond motifs is 2. The van der Waals surface area contributed by atoms with Crippen molar-refractivity contribution >= 4 is 30.7 Å². The number of rotatable bonds is 7. The van der Waals surface area contributed by atoms with E-state index >= 15 is 0 Å². The quantitative estimate of drug-likeness (QED) is 0.650. The predicted molar refractivity (Wildman–Crippen MR) is 109 cm³/mol. The highest BCUT2D eigenvalue weighted by Gasteiger charge is 2.34. The van der Waals surface area contributed by atoms with E-state index in [1.165, 1.54) is 57.8 Å². The van der Waals surface area contributed by atoms with Crippen molar-refractivity contribution in [3.05, 3.63) is 0 Å². The molecule has 3 rings (SSSR count). The number of halogens is 2. The van der Waals surface area contributed by atoms with Gasteiger partial charge in [0.1, 0.15) is 0 Å². The minimum atomic E-state index is 0. The van der Waals surface area contributed by atoms with E-state index < -0.39 is 0 Å². The lowest BCUT2D eigenvalue weighted by Crippen LogP contribution is -2.40. The molecule has 3 aliphatic rings. The van der Waals surface area contributed by atoms with Crippen molar-refractivity contribution in [2.24, 2.45) is 5.92 Å². The summed E-state index contributed by atoms with van der Waals surface area (Å²) in [7, 11) is 2.25. The number of nitrogens with zero attached hydrogens (tertiary/aromatic N) is 1. The van der Waals surface area contributed by atoms with Crippen LogP contribution in [0.3, 0.4) is 0 Å². The first-order valence-corrected chi connectivity index (χ1v) is 9.93. The molecule has 3 fully saturated rings. The van der Waals surface area contributed by atoms with E-state index in [1.807, 2.05) is 0 Å². The molecule has 0 aromatic heterocycles. The average molecular weight is 394 g/mol. The first-order valence-electron chi connectivity index (χ1n) is 9.93. The third-order valence-electron chi connectivity index (χ3n) is 6.25. The second-order valence-corrected chi connectivity index (χ2v) is 8.16. The van der Waals surface area contributed by atoms with Gasteiger partial charge in [0.25, 0.3) is 0 Å². The molecule has 1 aliphatic carbocycles. The van der Waals surface area contributed by atoms with Gasteiger partial charge >= 0.3 is 0 Å². The molecule has 2 bridgehead atoms. The second-order valence-electron chi connectivity index (χ2n) is 8.16. The molecule has 2 N–H and O–H groups in total. The van der Waals surface area contributed by atoms with E-state index in [-0.39, 0.29) is 30.7 Å². The Morgan fingerprint density at radius 3 is 2.32 bits per heavy atom. The van der Waals surface area contributed by atoms with Crippen molar-refractivity contribution in [3.8, 4) is 0 Å². The minimum Gasteiger partial charge on any atom is -0.356 e. The van der Waals surface area contributed by atoms with Crippen LogP contribution in [0, 0.1) is 5.92 Å². The fourth-order valence-corrected chi connectivity index (χ4v) is 4.94. The Kier molecular flexibility index (Phi) is 10.7. The maximum Gasteiger partial charge on any atom is 0.220 e. The third kappa shape index (κ3) is 7.24. The topological polar surface area (TPSA) is 44.4 Å². The lowest BCUT2D eigenvalue weighted by molar-refractivity contribution is -0.122. The van der Waals surface area contributed by atoms with Crippen molar-refractivity contribution in [1.29, 1.82) is 0 Å². The van der Waals surface area contributed by atoms with Gasteiger partial charge in [0.05, 0.1) is 0 Å². The minimum absolute atomic E-state index is 0. The summed E-state index contributed by atoms with van der Waals surface area (Å²) in [6.45, 7) is 1.95. The molecule has 0 aromatic carbocycles. The van der Waals surface area contributed by atoms with Crippen molar-refractivity contribution in [3.63, 3.8) is 0 Å². The predicted octanol–water partition coefficient (Wildman–Crippen LogP) is 3.52. The molecule has 2 aliphatic heterocycles. The number of amides is 1. The average Bonchev–Trinajstić information content (AvgIpc) is 2.91. The van der Waals surface area contributed by atoms with E-state index in [2.05, 4.69) is 22.6 Å². The van der Waals surface area contributed by atoms with Crippen LogP contribution in [0.2, 0.25) is 0 Å². The molecule has 4 nitrogen and oxygen atoms in total. The number of piperidine rings is 1. The molecular formula is C19H37Cl2N3O. The Morgan fingerprint density at radius 2 is 1.68 bits per heavy atom. The second kappa shape index (κ2) is 11.6. The van der Waals surface area contributed by atoms with Gasteiger partial charge in [0, 0.05) is 31.1 Å². The first-order chi connectivity index (χ1) is 11.2. The Bertz CT molecular complexity index is 379. The van der Waals surface area contributed by atoms with Gasteiger partial charge in [-0.3, -0.25) is 4.79 Å². The molecule has 1 saturated carbocycles. The Labute approximate surface area is 166 Å². The van der Waals surface area contributed by atoms with E-state index in [4.69, 9.17) is 0 Å². The standard InChI is InChI=1S/C19H35N3O.2ClH/c1-22(18-6-3-2-4-7-18)11-5-10-20-19(23)14-15-12-16-8-9-17(13-15)21-16;;/h15-18,21H,2-14H2,1H3,(H,20,23);2*1H. The van der Waals surface area contributed by atoms with Crippen molar-refractivity contribution < 1.29 is 4.79 Å². The van der Waals surface area contributed by atoms with Gasteiger partial charge in [-0.1, -0.05) is 19.3 Å². The monoisotopic (exact) mass is 393 g/mol. The molecule has 2 unspecified atom stereocenters. The number of hydrogen-bond donors (Lipinski definition) is 2. The van der Waals surface area contributed by atoms with Gasteiger partial charge in [0.15, 0.2) is 0 Å². The van der Waals surface area contributed by atoms with Gasteiger partial charge in [-0.05, 0) is 64.5 Å². The zero-order valence-electron chi connectivity index (χ0n) is 15.7. The van der Waals surface area contributed by atoms with Crippen LogP contribution in [0.5, 0.6) is 0 Å². The Morgan fingerprint density at radius 1 is 1.04 bits per heavy atom. The molecule has 0 radical (unpaired) electrons. The highest BCUT2D eigenvalue weighted by atomic mass is 35.5. The molecule has 148 valence electrons. The molecule has 2 atom stereocenters. The molecule has 2 heterocycles. The lowest BCUT2D eigenvalue weighted by Gasteiger charge is -2.31. The van der Waals surface area contributed by atoms with Crippen LogP contribution < -0.4 is 10.6 Å². The smallest absolute Gasteiger partial charge is 0.220 e. The van der Waals surface area contributed by atoms with Crippen LogP contribution in [-0.4, -0.2) is 49.1 Å². The fraction of sp³-hybridized carbons (Fsp3) is 0.947. The largest absolute Gasteiger partial charge is 0.356 e. The summed E-state index contributed by atoms with van der Waals surface area (Å²) in [5, 5.41) is 6.80. The number of nitrogens with one attached hydrogen (secondary N) is 2. The van der Waals surface area contributed by atoms with Crippen LogP contribution in [0.1, 0.15) is 70.6 Å². The summed E-state index contributed by atoms with van der Waals surface area (Å²) in [6.07, 6.45) is 13.8. The highest BCUT2D eigenvalue weighted by molar-refractivity contribution is 5.85. The number of carbonyl (C=O) groups is 1. The van der Waals surface area contributed by atoms with Crippen molar-refractivity contribution in [2.45, 2.75) is 88.8 Å². The Hall–Kier alpha value is -0.0300.